The van der Waals surface area contributed by atoms with Crippen LogP contribution in [0.3, 0.4) is 0 Å². The van der Waals surface area contributed by atoms with E-state index in [9.17, 15) is 18.0 Å². The number of sulfonamides is 1. The van der Waals surface area contributed by atoms with Gasteiger partial charge >= 0.3 is 0 Å². The zero-order chi connectivity index (χ0) is 28.7. The largest absolute Gasteiger partial charge is 0.355 e. The van der Waals surface area contributed by atoms with Gasteiger partial charge in [-0.05, 0) is 61.4 Å². The monoisotopic (exact) mass is 629 g/mol. The van der Waals surface area contributed by atoms with Gasteiger partial charge in [-0.2, -0.15) is 0 Å². The Bertz CT molecular complexity index is 1440. The van der Waals surface area contributed by atoms with E-state index in [2.05, 4.69) is 5.32 Å². The van der Waals surface area contributed by atoms with Crippen molar-refractivity contribution in [3.63, 3.8) is 0 Å². The summed E-state index contributed by atoms with van der Waals surface area (Å²) in [5, 5.41) is 3.81. The highest BCUT2D eigenvalue weighted by Gasteiger charge is 2.34. The molecule has 3 rings (SSSR count). The maximum absolute atomic E-state index is 14.0. The summed E-state index contributed by atoms with van der Waals surface area (Å²) in [6, 6.07) is 15.9. The fourth-order valence-electron chi connectivity index (χ4n) is 3.93. The highest BCUT2D eigenvalue weighted by molar-refractivity contribution is 7.92. The van der Waals surface area contributed by atoms with Crippen molar-refractivity contribution in [2.45, 2.75) is 37.8 Å². The number of amides is 2. The Morgan fingerprint density at radius 1 is 0.872 bits per heavy atom. The third kappa shape index (κ3) is 7.58. The number of carbonyl (C=O) groups excluding carboxylic acids is 2. The van der Waals surface area contributed by atoms with E-state index in [1.165, 1.54) is 41.3 Å². The van der Waals surface area contributed by atoms with E-state index in [0.717, 1.165) is 4.31 Å². The lowest BCUT2D eigenvalue weighted by molar-refractivity contribution is -0.140. The van der Waals surface area contributed by atoms with Gasteiger partial charge in [0.15, 0.2) is 0 Å². The van der Waals surface area contributed by atoms with Crippen LogP contribution in [0.25, 0.3) is 0 Å². The molecular weight excluding hydrogens is 604 g/mol. The lowest BCUT2D eigenvalue weighted by atomic mass is 10.1. The maximum atomic E-state index is 14.0. The van der Waals surface area contributed by atoms with Crippen LogP contribution in [-0.4, -0.2) is 44.3 Å². The summed E-state index contributed by atoms with van der Waals surface area (Å²) in [5.41, 5.74) is 0.682. The maximum Gasteiger partial charge on any atom is 0.264 e. The third-order valence-corrected chi connectivity index (χ3v) is 9.01. The van der Waals surface area contributed by atoms with E-state index in [4.69, 9.17) is 46.4 Å². The van der Waals surface area contributed by atoms with Gasteiger partial charge in [0.1, 0.15) is 12.6 Å². The molecule has 1 unspecified atom stereocenters. The molecule has 208 valence electrons. The minimum atomic E-state index is -4.22. The molecule has 7 nitrogen and oxygen atoms in total. The average molecular weight is 631 g/mol. The molecule has 0 aliphatic rings. The molecule has 1 N–H and O–H groups in total. The van der Waals surface area contributed by atoms with Gasteiger partial charge in [-0.3, -0.25) is 13.9 Å². The van der Waals surface area contributed by atoms with Crippen LogP contribution in [0.1, 0.15) is 25.8 Å². The molecular formula is C27H27Cl4N3O4S. The third-order valence-electron chi connectivity index (χ3n) is 5.89. The molecule has 0 aromatic heterocycles. The van der Waals surface area contributed by atoms with Crippen LogP contribution in [-0.2, 0) is 26.2 Å². The van der Waals surface area contributed by atoms with Crippen molar-refractivity contribution < 1.29 is 18.0 Å². The summed E-state index contributed by atoms with van der Waals surface area (Å²) in [7, 11) is -4.22. The Kier molecular flexibility index (Phi) is 10.9. The fraction of sp³-hybridized carbons (Fsp3) is 0.259. The van der Waals surface area contributed by atoms with Crippen molar-refractivity contribution >= 4 is 73.9 Å². The number of hydrogen-bond acceptors (Lipinski definition) is 4. The normalized spacial score (nSPS) is 12.1. The van der Waals surface area contributed by atoms with E-state index in [1.807, 2.05) is 0 Å². The van der Waals surface area contributed by atoms with Crippen molar-refractivity contribution in [1.29, 1.82) is 0 Å². The molecule has 0 radical (unpaired) electrons. The zero-order valence-electron chi connectivity index (χ0n) is 21.2. The lowest BCUT2D eigenvalue weighted by Crippen LogP contribution is -2.52. The first-order valence-corrected chi connectivity index (χ1v) is 15.0. The van der Waals surface area contributed by atoms with Crippen molar-refractivity contribution in [1.82, 2.24) is 10.2 Å². The van der Waals surface area contributed by atoms with Crippen molar-refractivity contribution in [2.24, 2.45) is 0 Å². The molecule has 39 heavy (non-hydrogen) atoms. The molecule has 0 saturated carbocycles. The number of benzene rings is 3. The second-order valence-electron chi connectivity index (χ2n) is 8.50. The summed E-state index contributed by atoms with van der Waals surface area (Å²) in [6.45, 7) is 3.23. The van der Waals surface area contributed by atoms with Crippen LogP contribution in [0, 0.1) is 0 Å². The summed E-state index contributed by atoms with van der Waals surface area (Å²) in [5.74, 6) is -0.991. The number of nitrogens with zero attached hydrogens (tertiary/aromatic N) is 2. The topological polar surface area (TPSA) is 86.8 Å². The number of halogens is 4. The molecule has 3 aromatic rings. The molecule has 0 aliphatic heterocycles. The standard InChI is InChI=1S/C27H27Cl4N3O4S/c1-3-25(27(36)32-4-2)33(16-18-10-11-19(28)14-23(18)30)26(35)17-34(20-12-13-22(29)24(31)15-20)39(37,38)21-8-6-5-7-9-21/h5-15,25H,3-4,16-17H2,1-2H3,(H,32,36). The van der Waals surface area contributed by atoms with E-state index < -0.39 is 28.5 Å². The van der Waals surface area contributed by atoms with Crippen LogP contribution < -0.4 is 9.62 Å². The van der Waals surface area contributed by atoms with E-state index in [1.54, 1.807) is 44.2 Å². The summed E-state index contributed by atoms with van der Waals surface area (Å²) in [6.07, 6.45) is 0.279. The molecule has 1 atom stereocenters. The van der Waals surface area contributed by atoms with Crippen molar-refractivity contribution in [2.75, 3.05) is 17.4 Å². The summed E-state index contributed by atoms with van der Waals surface area (Å²) in [4.78, 5) is 28.2. The van der Waals surface area contributed by atoms with Gasteiger partial charge in [0.05, 0.1) is 20.6 Å². The van der Waals surface area contributed by atoms with Gasteiger partial charge in [-0.1, -0.05) is 77.6 Å². The summed E-state index contributed by atoms with van der Waals surface area (Å²) < 4.78 is 28.5. The minimum Gasteiger partial charge on any atom is -0.355 e. The number of anilines is 1. The smallest absolute Gasteiger partial charge is 0.264 e. The highest BCUT2D eigenvalue weighted by Crippen LogP contribution is 2.31. The van der Waals surface area contributed by atoms with Gasteiger partial charge in [0.25, 0.3) is 10.0 Å². The van der Waals surface area contributed by atoms with E-state index in [0.29, 0.717) is 22.2 Å². The first-order chi connectivity index (χ1) is 18.5. The predicted octanol–water partition coefficient (Wildman–Crippen LogP) is 6.44. The summed E-state index contributed by atoms with van der Waals surface area (Å²) >= 11 is 24.7. The van der Waals surface area contributed by atoms with Crippen LogP contribution in [0.2, 0.25) is 20.1 Å². The fourth-order valence-corrected chi connectivity index (χ4v) is 6.12. The molecule has 3 aromatic carbocycles. The first-order valence-electron chi connectivity index (χ1n) is 12.0. The number of hydrogen-bond donors (Lipinski definition) is 1. The molecule has 0 fully saturated rings. The molecule has 0 saturated heterocycles. The molecule has 0 spiro atoms. The van der Waals surface area contributed by atoms with Gasteiger partial charge in [-0.15, -0.1) is 0 Å². The number of likely N-dealkylation sites (N-methyl/N-ethyl adjacent to an activating group) is 1. The van der Waals surface area contributed by atoms with E-state index in [-0.39, 0.29) is 39.5 Å². The first kappa shape index (κ1) is 31.0. The second-order valence-corrected chi connectivity index (χ2v) is 12.0. The lowest BCUT2D eigenvalue weighted by Gasteiger charge is -2.33. The zero-order valence-corrected chi connectivity index (χ0v) is 25.0. The average Bonchev–Trinajstić information content (AvgIpc) is 2.90. The van der Waals surface area contributed by atoms with Crippen LogP contribution in [0.15, 0.2) is 71.6 Å². The Balaban J connectivity index is 2.09. The van der Waals surface area contributed by atoms with Crippen molar-refractivity contribution in [3.05, 3.63) is 92.4 Å². The van der Waals surface area contributed by atoms with Crippen molar-refractivity contribution in [3.8, 4) is 0 Å². The number of carbonyl (C=O) groups is 2. The molecule has 0 bridgehead atoms. The van der Waals surface area contributed by atoms with Gasteiger partial charge < -0.3 is 10.2 Å². The Morgan fingerprint density at radius 3 is 2.15 bits per heavy atom. The molecule has 2 amide bonds. The molecule has 0 heterocycles. The van der Waals surface area contributed by atoms with Gasteiger partial charge in [-0.25, -0.2) is 8.42 Å². The SMILES string of the molecule is CCNC(=O)C(CC)N(Cc1ccc(Cl)cc1Cl)C(=O)CN(c1ccc(Cl)c(Cl)c1)S(=O)(=O)c1ccccc1. The number of rotatable bonds is 11. The van der Waals surface area contributed by atoms with Gasteiger partial charge in [0, 0.05) is 23.1 Å². The number of nitrogens with one attached hydrogen (secondary N) is 1. The van der Waals surface area contributed by atoms with Crippen LogP contribution in [0.4, 0.5) is 5.69 Å². The van der Waals surface area contributed by atoms with Crippen LogP contribution in [0.5, 0.6) is 0 Å². The quantitative estimate of drug-likeness (QED) is 0.264. The molecule has 0 aliphatic carbocycles. The second kappa shape index (κ2) is 13.7. The van der Waals surface area contributed by atoms with Gasteiger partial charge in [0.2, 0.25) is 11.8 Å². The van der Waals surface area contributed by atoms with E-state index >= 15 is 0 Å². The Labute approximate surface area is 248 Å². The molecule has 12 heteroatoms. The predicted molar refractivity (Wildman–Crippen MR) is 157 cm³/mol. The van der Waals surface area contributed by atoms with Crippen LogP contribution >= 0.6 is 46.4 Å². The minimum absolute atomic E-state index is 0.0214. The Morgan fingerprint density at radius 2 is 1.56 bits per heavy atom. The highest BCUT2D eigenvalue weighted by atomic mass is 35.5. The Hall–Kier alpha value is -2.49.